The molecule has 0 saturated heterocycles. The van der Waals surface area contributed by atoms with Gasteiger partial charge in [0.2, 0.25) is 11.5 Å². The van der Waals surface area contributed by atoms with E-state index in [1.807, 2.05) is 0 Å². The molecule has 0 aliphatic heterocycles. The number of hydrogen-bond donors (Lipinski definition) is 2. The van der Waals surface area contributed by atoms with Gasteiger partial charge in [0.15, 0.2) is 23.0 Å². The molecule has 0 fully saturated rings. The molecule has 94 valence electrons. The fourth-order valence-corrected chi connectivity index (χ4v) is 1.81. The third-order valence-corrected chi connectivity index (χ3v) is 2.64. The van der Waals surface area contributed by atoms with Gasteiger partial charge in [-0.2, -0.15) is 0 Å². The zero-order valence-corrected chi connectivity index (χ0v) is 9.68. The number of phenols is 2. The molecule has 2 rings (SSSR count). The van der Waals surface area contributed by atoms with Crippen molar-refractivity contribution < 1.29 is 29.3 Å². The first kappa shape index (κ1) is 12.0. The molecule has 0 saturated carbocycles. The van der Waals surface area contributed by atoms with E-state index in [2.05, 4.69) is 0 Å². The van der Waals surface area contributed by atoms with Crippen molar-refractivity contribution in [3.63, 3.8) is 0 Å². The number of hydrogen-bond acceptors (Lipinski definition) is 6. The largest absolute Gasteiger partial charge is 0.504 e. The Labute approximate surface area is 102 Å². The fraction of sp³-hybridized carbons (Fsp3) is 0.167. The van der Waals surface area contributed by atoms with Crippen molar-refractivity contribution in [2.75, 3.05) is 14.2 Å². The lowest BCUT2D eigenvalue weighted by molar-refractivity contribution is 0.0914. The second kappa shape index (κ2) is 4.06. The highest BCUT2D eigenvalue weighted by Crippen LogP contribution is 2.42. The molecule has 0 heterocycles. The Hall–Kier alpha value is -2.50. The Balaban J connectivity index is 2.74. The highest BCUT2D eigenvalue weighted by atomic mass is 16.5. The van der Waals surface area contributed by atoms with Crippen molar-refractivity contribution in [2.45, 2.75) is 0 Å². The van der Waals surface area contributed by atoms with Gasteiger partial charge >= 0.3 is 0 Å². The van der Waals surface area contributed by atoms with E-state index in [4.69, 9.17) is 9.47 Å². The van der Waals surface area contributed by atoms with Crippen molar-refractivity contribution in [2.24, 2.45) is 0 Å². The van der Waals surface area contributed by atoms with Crippen LogP contribution in [0.4, 0.5) is 0 Å². The number of allylic oxidation sites excluding steroid dienone is 2. The van der Waals surface area contributed by atoms with Gasteiger partial charge in [0.1, 0.15) is 0 Å². The number of rotatable bonds is 2. The van der Waals surface area contributed by atoms with E-state index in [0.717, 1.165) is 12.1 Å². The maximum absolute atomic E-state index is 11.9. The van der Waals surface area contributed by atoms with Gasteiger partial charge in [-0.3, -0.25) is 9.59 Å². The van der Waals surface area contributed by atoms with Gasteiger partial charge in [0.25, 0.3) is 0 Å². The van der Waals surface area contributed by atoms with Crippen LogP contribution in [0.15, 0.2) is 17.9 Å². The number of ether oxygens (including phenoxy) is 2. The number of phenolic OH excluding ortho intramolecular Hbond substituents is 2. The van der Waals surface area contributed by atoms with Crippen molar-refractivity contribution in [1.29, 1.82) is 0 Å². The molecule has 1 aromatic carbocycles. The van der Waals surface area contributed by atoms with Crippen LogP contribution in [0.2, 0.25) is 0 Å². The molecule has 0 radical (unpaired) electrons. The van der Waals surface area contributed by atoms with Crippen molar-refractivity contribution >= 4 is 11.6 Å². The summed E-state index contributed by atoms with van der Waals surface area (Å²) in [6.07, 6.45) is 0.987. The zero-order valence-electron chi connectivity index (χ0n) is 9.68. The smallest absolute Gasteiger partial charge is 0.228 e. The monoisotopic (exact) mass is 250 g/mol. The van der Waals surface area contributed by atoms with E-state index < -0.39 is 23.1 Å². The lowest BCUT2D eigenvalue weighted by atomic mass is 9.92. The summed E-state index contributed by atoms with van der Waals surface area (Å²) in [7, 11) is 2.48. The minimum atomic E-state index is -0.586. The molecule has 0 bridgehead atoms. The van der Waals surface area contributed by atoms with Crippen molar-refractivity contribution in [1.82, 2.24) is 0 Å². The Morgan fingerprint density at radius 3 is 2.33 bits per heavy atom. The number of carbonyl (C=O) groups is 2. The molecule has 1 aliphatic carbocycles. The van der Waals surface area contributed by atoms with E-state index >= 15 is 0 Å². The summed E-state index contributed by atoms with van der Waals surface area (Å²) in [6.45, 7) is 0. The molecule has 0 spiro atoms. The molecule has 1 aromatic rings. The van der Waals surface area contributed by atoms with E-state index in [0.29, 0.717) is 0 Å². The number of methoxy groups -OCH3 is 2. The van der Waals surface area contributed by atoms with Gasteiger partial charge in [-0.05, 0) is 6.07 Å². The third kappa shape index (κ3) is 1.50. The summed E-state index contributed by atoms with van der Waals surface area (Å²) < 4.78 is 9.53. The van der Waals surface area contributed by atoms with Crippen LogP contribution in [0.5, 0.6) is 17.2 Å². The minimum Gasteiger partial charge on any atom is -0.504 e. The summed E-state index contributed by atoms with van der Waals surface area (Å²) in [5.74, 6) is -2.54. The first-order valence-electron chi connectivity index (χ1n) is 4.98. The fourth-order valence-electron chi connectivity index (χ4n) is 1.81. The van der Waals surface area contributed by atoms with Crippen LogP contribution in [-0.4, -0.2) is 36.0 Å². The van der Waals surface area contributed by atoms with Gasteiger partial charge in [-0.15, -0.1) is 0 Å². The Kier molecular flexibility index (Phi) is 2.70. The lowest BCUT2D eigenvalue weighted by Gasteiger charge is -2.17. The highest BCUT2D eigenvalue weighted by molar-refractivity contribution is 6.25. The van der Waals surface area contributed by atoms with Crippen molar-refractivity contribution in [3.05, 3.63) is 29.0 Å². The predicted octanol–water partition coefficient (Wildman–Crippen LogP) is 1.02. The molecule has 6 heteroatoms. The van der Waals surface area contributed by atoms with E-state index in [-0.39, 0.29) is 22.6 Å². The van der Waals surface area contributed by atoms with Gasteiger partial charge in [0, 0.05) is 11.6 Å². The second-order valence-corrected chi connectivity index (χ2v) is 3.61. The van der Waals surface area contributed by atoms with Crippen LogP contribution in [-0.2, 0) is 4.74 Å². The summed E-state index contributed by atoms with van der Waals surface area (Å²) in [5, 5.41) is 19.4. The van der Waals surface area contributed by atoms with Gasteiger partial charge < -0.3 is 19.7 Å². The standard InChI is InChI=1S/C12H10O6/c1-17-8-4-6(13)9-5(10(8)15)3-7(14)12(18-2)11(9)16/h3-4,14,16H,1-2H3. The van der Waals surface area contributed by atoms with Gasteiger partial charge in [-0.1, -0.05) is 0 Å². The summed E-state index contributed by atoms with van der Waals surface area (Å²) in [4.78, 5) is 23.7. The summed E-state index contributed by atoms with van der Waals surface area (Å²) in [5.41, 5.74) is -0.314. The number of ketones is 2. The lowest BCUT2D eigenvalue weighted by Crippen LogP contribution is -2.18. The van der Waals surface area contributed by atoms with E-state index in [9.17, 15) is 19.8 Å². The molecular weight excluding hydrogens is 240 g/mol. The van der Waals surface area contributed by atoms with Crippen molar-refractivity contribution in [3.8, 4) is 17.2 Å². The summed E-state index contributed by atoms with van der Waals surface area (Å²) in [6, 6.07) is 1.07. The average molecular weight is 250 g/mol. The Morgan fingerprint density at radius 2 is 1.78 bits per heavy atom. The maximum atomic E-state index is 11.9. The number of Topliss-reactive ketones (excluding diaryl/α,β-unsaturated/α-hetero) is 1. The Bertz CT molecular complexity index is 585. The van der Waals surface area contributed by atoms with Crippen LogP contribution in [0.3, 0.4) is 0 Å². The SMILES string of the molecule is COC1=CC(=O)c2c(cc(O)c(OC)c2O)C1=O. The topological polar surface area (TPSA) is 93.1 Å². The zero-order chi connectivity index (χ0) is 13.4. The molecule has 18 heavy (non-hydrogen) atoms. The summed E-state index contributed by atoms with van der Waals surface area (Å²) >= 11 is 0. The minimum absolute atomic E-state index is 0.116. The quantitative estimate of drug-likeness (QED) is 0.813. The number of aromatic hydroxyl groups is 2. The van der Waals surface area contributed by atoms with Crippen LogP contribution < -0.4 is 4.74 Å². The molecule has 1 aliphatic rings. The maximum Gasteiger partial charge on any atom is 0.228 e. The Morgan fingerprint density at radius 1 is 1.11 bits per heavy atom. The van der Waals surface area contributed by atoms with E-state index in [1.165, 1.54) is 14.2 Å². The molecule has 0 aromatic heterocycles. The van der Waals surface area contributed by atoms with Gasteiger partial charge in [0.05, 0.1) is 19.8 Å². The first-order valence-corrected chi connectivity index (χ1v) is 4.98. The van der Waals surface area contributed by atoms with Crippen LogP contribution >= 0.6 is 0 Å². The number of fused-ring (bicyclic) bond motifs is 1. The third-order valence-electron chi connectivity index (χ3n) is 2.64. The highest BCUT2D eigenvalue weighted by Gasteiger charge is 2.32. The average Bonchev–Trinajstić information content (AvgIpc) is 2.33. The first-order chi connectivity index (χ1) is 8.51. The van der Waals surface area contributed by atoms with Crippen LogP contribution in [0.25, 0.3) is 0 Å². The molecule has 6 nitrogen and oxygen atoms in total. The number of carbonyl (C=O) groups excluding carboxylic acids is 2. The molecule has 0 unspecified atom stereocenters. The van der Waals surface area contributed by atoms with Gasteiger partial charge in [-0.25, -0.2) is 0 Å². The molecule has 0 amide bonds. The molecule has 0 atom stereocenters. The van der Waals surface area contributed by atoms with Crippen LogP contribution in [0, 0.1) is 0 Å². The molecular formula is C12H10O6. The van der Waals surface area contributed by atoms with Crippen LogP contribution in [0.1, 0.15) is 20.7 Å². The predicted molar refractivity (Wildman–Crippen MR) is 60.1 cm³/mol. The number of benzene rings is 1. The normalized spacial score (nSPS) is 14.0. The van der Waals surface area contributed by atoms with E-state index in [1.54, 1.807) is 0 Å². The molecule has 2 N–H and O–H groups in total. The second-order valence-electron chi connectivity index (χ2n) is 3.61.